The highest BCUT2D eigenvalue weighted by molar-refractivity contribution is 5.91. The van der Waals surface area contributed by atoms with Crippen LogP contribution in [0, 0.1) is 5.82 Å². The van der Waals surface area contributed by atoms with Gasteiger partial charge in [0, 0.05) is 5.69 Å². The number of anilines is 1. The van der Waals surface area contributed by atoms with Crippen molar-refractivity contribution >= 4 is 11.6 Å². The predicted octanol–water partition coefficient (Wildman–Crippen LogP) is 4.24. The molecule has 4 heteroatoms. The van der Waals surface area contributed by atoms with Crippen molar-refractivity contribution < 1.29 is 14.3 Å². The van der Waals surface area contributed by atoms with Gasteiger partial charge in [0.05, 0.1) is 12.0 Å². The Kier molecular flexibility index (Phi) is 4.95. The predicted molar refractivity (Wildman–Crippen MR) is 92.2 cm³/mol. The van der Waals surface area contributed by atoms with Crippen LogP contribution in [0.2, 0.25) is 0 Å². The molecule has 0 unspecified atom stereocenters. The molecule has 1 aliphatic carbocycles. The summed E-state index contributed by atoms with van der Waals surface area (Å²) in [6, 6.07) is 15.9. The van der Waals surface area contributed by atoms with Crippen LogP contribution in [0.25, 0.3) is 0 Å². The molecule has 24 heavy (non-hydrogen) atoms. The van der Waals surface area contributed by atoms with Crippen LogP contribution in [0.4, 0.5) is 10.1 Å². The third-order valence-electron chi connectivity index (χ3n) is 4.80. The van der Waals surface area contributed by atoms with Crippen LogP contribution in [-0.4, -0.2) is 16.6 Å². The first-order chi connectivity index (χ1) is 11.5. The van der Waals surface area contributed by atoms with E-state index in [-0.39, 0.29) is 18.1 Å². The van der Waals surface area contributed by atoms with Gasteiger partial charge in [-0.1, -0.05) is 30.3 Å². The third-order valence-corrected chi connectivity index (χ3v) is 4.80. The first kappa shape index (κ1) is 16.7. The molecule has 0 bridgehead atoms. The first-order valence-corrected chi connectivity index (χ1v) is 8.37. The Bertz CT molecular complexity index is 677. The lowest BCUT2D eigenvalue weighted by atomic mass is 9.74. The first-order valence-electron chi connectivity index (χ1n) is 8.37. The molecule has 0 spiro atoms. The Morgan fingerprint density at radius 3 is 2.33 bits per heavy atom. The Morgan fingerprint density at radius 1 is 1.08 bits per heavy atom. The number of halogens is 1. The summed E-state index contributed by atoms with van der Waals surface area (Å²) in [6.07, 6.45) is 3.06. The van der Waals surface area contributed by atoms with Gasteiger partial charge < -0.3 is 10.4 Å². The lowest BCUT2D eigenvalue weighted by molar-refractivity contribution is -0.122. The van der Waals surface area contributed by atoms with Gasteiger partial charge in [-0.15, -0.1) is 0 Å². The summed E-state index contributed by atoms with van der Waals surface area (Å²) in [5.74, 6) is -0.125. The minimum atomic E-state index is -0.949. The van der Waals surface area contributed by atoms with Crippen molar-refractivity contribution in [2.24, 2.45) is 0 Å². The average Bonchev–Trinajstić information content (AvgIpc) is 2.58. The molecule has 0 atom stereocenters. The number of hydrogen-bond donors (Lipinski definition) is 2. The lowest BCUT2D eigenvalue weighted by Crippen LogP contribution is -2.37. The minimum Gasteiger partial charge on any atom is -0.389 e. The maximum atomic E-state index is 12.9. The van der Waals surface area contributed by atoms with Crippen molar-refractivity contribution in [1.82, 2.24) is 0 Å². The Balaban J connectivity index is 1.54. The zero-order valence-electron chi connectivity index (χ0n) is 13.5. The smallest absolute Gasteiger partial charge is 0.227 e. The average molecular weight is 327 g/mol. The Morgan fingerprint density at radius 2 is 1.71 bits per heavy atom. The number of aliphatic hydroxyl groups is 1. The highest BCUT2D eigenvalue weighted by Gasteiger charge is 2.35. The lowest BCUT2D eigenvalue weighted by Gasteiger charge is -2.35. The van der Waals surface area contributed by atoms with Gasteiger partial charge in [-0.05, 0) is 61.4 Å². The number of rotatable bonds is 4. The molecular weight excluding hydrogens is 305 g/mol. The SMILES string of the molecule is O=C(C[C@]1(O)CC[C@@H](c2ccccc2)CC1)Nc1ccc(F)cc1. The van der Waals surface area contributed by atoms with E-state index in [1.54, 1.807) is 0 Å². The van der Waals surface area contributed by atoms with E-state index in [2.05, 4.69) is 17.4 Å². The maximum Gasteiger partial charge on any atom is 0.227 e. The molecule has 0 saturated heterocycles. The van der Waals surface area contributed by atoms with E-state index in [0.29, 0.717) is 24.4 Å². The number of benzene rings is 2. The van der Waals surface area contributed by atoms with Gasteiger partial charge in [0.2, 0.25) is 5.91 Å². The number of carbonyl (C=O) groups is 1. The summed E-state index contributed by atoms with van der Waals surface area (Å²) >= 11 is 0. The van der Waals surface area contributed by atoms with Crippen molar-refractivity contribution in [2.75, 3.05) is 5.32 Å². The van der Waals surface area contributed by atoms with Crippen molar-refractivity contribution in [3.05, 3.63) is 66.0 Å². The standard InChI is InChI=1S/C20H22FNO2/c21-17-6-8-18(9-7-17)22-19(23)14-20(24)12-10-16(11-13-20)15-4-2-1-3-5-15/h1-9,16,24H,10-14H2,(H,22,23)/t16-,20+. The second-order valence-corrected chi connectivity index (χ2v) is 6.64. The van der Waals surface area contributed by atoms with Crippen LogP contribution in [0.3, 0.4) is 0 Å². The van der Waals surface area contributed by atoms with Gasteiger partial charge in [-0.3, -0.25) is 4.79 Å². The summed E-state index contributed by atoms with van der Waals surface area (Å²) in [6.45, 7) is 0. The monoisotopic (exact) mass is 327 g/mol. The van der Waals surface area contributed by atoms with E-state index < -0.39 is 5.60 Å². The number of nitrogens with one attached hydrogen (secondary N) is 1. The van der Waals surface area contributed by atoms with Gasteiger partial charge in [-0.2, -0.15) is 0 Å². The van der Waals surface area contributed by atoms with E-state index in [1.165, 1.54) is 29.8 Å². The summed E-state index contributed by atoms with van der Waals surface area (Å²) in [5, 5.41) is 13.4. The minimum absolute atomic E-state index is 0.0753. The Labute approximate surface area is 141 Å². The van der Waals surface area contributed by atoms with Crippen LogP contribution in [0.5, 0.6) is 0 Å². The van der Waals surface area contributed by atoms with E-state index in [0.717, 1.165) is 12.8 Å². The molecule has 2 aromatic rings. The van der Waals surface area contributed by atoms with Crippen LogP contribution in [-0.2, 0) is 4.79 Å². The van der Waals surface area contributed by atoms with Gasteiger partial charge in [-0.25, -0.2) is 4.39 Å². The maximum absolute atomic E-state index is 12.9. The van der Waals surface area contributed by atoms with Crippen molar-refractivity contribution in [2.45, 2.75) is 43.6 Å². The van der Waals surface area contributed by atoms with Crippen LogP contribution >= 0.6 is 0 Å². The van der Waals surface area contributed by atoms with Crippen LogP contribution in [0.1, 0.15) is 43.6 Å². The van der Waals surface area contributed by atoms with Gasteiger partial charge in [0.25, 0.3) is 0 Å². The van der Waals surface area contributed by atoms with E-state index in [9.17, 15) is 14.3 Å². The number of amides is 1. The number of carbonyl (C=O) groups excluding carboxylic acids is 1. The summed E-state index contributed by atoms with van der Waals surface area (Å²) in [4.78, 5) is 12.2. The zero-order chi connectivity index (χ0) is 17.0. The fourth-order valence-corrected chi connectivity index (χ4v) is 3.43. The fraction of sp³-hybridized carbons (Fsp3) is 0.350. The molecule has 1 amide bonds. The van der Waals surface area contributed by atoms with Crippen molar-refractivity contribution in [3.8, 4) is 0 Å². The van der Waals surface area contributed by atoms with Gasteiger partial charge in [0.1, 0.15) is 5.82 Å². The summed E-state index contributed by atoms with van der Waals surface area (Å²) in [7, 11) is 0. The van der Waals surface area contributed by atoms with Gasteiger partial charge in [0.15, 0.2) is 0 Å². The van der Waals surface area contributed by atoms with E-state index >= 15 is 0 Å². The molecule has 1 aliphatic rings. The molecule has 126 valence electrons. The van der Waals surface area contributed by atoms with Crippen molar-refractivity contribution in [1.29, 1.82) is 0 Å². The molecule has 1 fully saturated rings. The number of hydrogen-bond acceptors (Lipinski definition) is 2. The molecule has 0 aliphatic heterocycles. The molecule has 0 heterocycles. The van der Waals surface area contributed by atoms with Crippen molar-refractivity contribution in [3.63, 3.8) is 0 Å². The van der Waals surface area contributed by atoms with Gasteiger partial charge >= 0.3 is 0 Å². The third kappa shape index (κ3) is 4.20. The summed E-state index contributed by atoms with van der Waals surface area (Å²) < 4.78 is 12.9. The van der Waals surface area contributed by atoms with E-state index in [4.69, 9.17) is 0 Å². The largest absolute Gasteiger partial charge is 0.389 e. The Hall–Kier alpha value is -2.20. The van der Waals surface area contributed by atoms with Crippen LogP contribution in [0.15, 0.2) is 54.6 Å². The molecule has 0 radical (unpaired) electrons. The molecule has 1 saturated carbocycles. The topological polar surface area (TPSA) is 49.3 Å². The highest BCUT2D eigenvalue weighted by Crippen LogP contribution is 2.39. The molecule has 2 N–H and O–H groups in total. The second kappa shape index (κ2) is 7.14. The quantitative estimate of drug-likeness (QED) is 0.882. The fourth-order valence-electron chi connectivity index (χ4n) is 3.43. The highest BCUT2D eigenvalue weighted by atomic mass is 19.1. The molecule has 2 aromatic carbocycles. The zero-order valence-corrected chi connectivity index (χ0v) is 13.5. The molecular formula is C20H22FNO2. The summed E-state index contributed by atoms with van der Waals surface area (Å²) in [5.41, 5.74) is 0.897. The molecule has 0 aromatic heterocycles. The second-order valence-electron chi connectivity index (χ2n) is 6.64. The van der Waals surface area contributed by atoms with E-state index in [1.807, 2.05) is 18.2 Å². The normalized spacial score (nSPS) is 23.7. The molecule has 3 nitrogen and oxygen atoms in total. The molecule has 3 rings (SSSR count). The van der Waals surface area contributed by atoms with Crippen LogP contribution < -0.4 is 5.32 Å².